The Morgan fingerprint density at radius 2 is 1.54 bits per heavy atom. The number of nitrogens with two attached hydrogens (primary N) is 2. The SMILES string of the molecule is CCC(CCC(=O)NCCCCNC(=O)C(Cc1ccc(CC(C)=O)cc1)NC(=O)C(N)CO)C(N)=O. The van der Waals surface area contributed by atoms with E-state index < -0.39 is 36.4 Å². The number of hydrogen-bond donors (Lipinski definition) is 6. The minimum atomic E-state index is -1.15. The zero-order chi connectivity index (χ0) is 27.8. The molecule has 4 amide bonds. The monoisotopic (exact) mass is 519 g/mol. The third-order valence-electron chi connectivity index (χ3n) is 5.92. The molecule has 0 aliphatic rings. The second-order valence-corrected chi connectivity index (χ2v) is 9.14. The molecule has 0 heterocycles. The summed E-state index contributed by atoms with van der Waals surface area (Å²) in [4.78, 5) is 59.5. The number of Topliss-reactive ketones (excluding diaryl/α,β-unsaturated/α-hetero) is 1. The number of aliphatic hydroxyl groups excluding tert-OH is 1. The van der Waals surface area contributed by atoms with Crippen molar-refractivity contribution in [3.63, 3.8) is 0 Å². The molecule has 0 aliphatic heterocycles. The molecule has 37 heavy (non-hydrogen) atoms. The first-order chi connectivity index (χ1) is 17.6. The first kappa shape index (κ1) is 31.7. The second kappa shape index (κ2) is 17.2. The molecule has 0 bridgehead atoms. The van der Waals surface area contributed by atoms with Crippen LogP contribution in [0.15, 0.2) is 24.3 Å². The zero-order valence-corrected chi connectivity index (χ0v) is 21.8. The highest BCUT2D eigenvalue weighted by molar-refractivity contribution is 5.90. The van der Waals surface area contributed by atoms with Crippen LogP contribution < -0.4 is 27.4 Å². The minimum Gasteiger partial charge on any atom is -0.394 e. The van der Waals surface area contributed by atoms with E-state index in [9.17, 15) is 24.0 Å². The number of hydrogen-bond acceptors (Lipinski definition) is 7. The van der Waals surface area contributed by atoms with E-state index in [-0.39, 0.29) is 30.4 Å². The fourth-order valence-corrected chi connectivity index (χ4v) is 3.64. The molecule has 1 rings (SSSR count). The van der Waals surface area contributed by atoms with E-state index in [1.807, 2.05) is 6.92 Å². The predicted molar refractivity (Wildman–Crippen MR) is 139 cm³/mol. The van der Waals surface area contributed by atoms with E-state index >= 15 is 0 Å². The Kier molecular flexibility index (Phi) is 14.7. The first-order valence-electron chi connectivity index (χ1n) is 12.6. The van der Waals surface area contributed by atoms with Gasteiger partial charge in [-0.25, -0.2) is 0 Å². The van der Waals surface area contributed by atoms with Gasteiger partial charge in [0.1, 0.15) is 17.9 Å². The van der Waals surface area contributed by atoms with Crippen molar-refractivity contribution in [2.24, 2.45) is 17.4 Å². The number of nitrogens with one attached hydrogen (secondary N) is 3. The van der Waals surface area contributed by atoms with E-state index in [1.165, 1.54) is 6.92 Å². The van der Waals surface area contributed by atoms with Gasteiger partial charge in [-0.1, -0.05) is 31.2 Å². The molecule has 0 fully saturated rings. The molecule has 0 spiro atoms. The van der Waals surface area contributed by atoms with Crippen molar-refractivity contribution in [1.29, 1.82) is 0 Å². The minimum absolute atomic E-state index is 0.0445. The third kappa shape index (κ3) is 13.0. The van der Waals surface area contributed by atoms with Gasteiger partial charge in [0.2, 0.25) is 23.6 Å². The van der Waals surface area contributed by atoms with E-state index in [2.05, 4.69) is 16.0 Å². The Morgan fingerprint density at radius 3 is 2.08 bits per heavy atom. The number of amides is 4. The molecule has 0 aliphatic carbocycles. The van der Waals surface area contributed by atoms with Crippen LogP contribution in [0.3, 0.4) is 0 Å². The van der Waals surface area contributed by atoms with Gasteiger partial charge in [-0.3, -0.25) is 24.0 Å². The quantitative estimate of drug-likeness (QED) is 0.140. The standard InChI is InChI=1S/C26H41N5O6/c1-3-20(24(28)35)10-11-23(34)29-12-4-5-13-30-26(37)22(31-25(36)21(27)16-32)15-19-8-6-18(7-9-19)14-17(2)33/h6-9,20-22,32H,3-5,10-16,27H2,1-2H3,(H2,28,35)(H,29,34)(H,30,37)(H,31,36). The second-order valence-electron chi connectivity index (χ2n) is 9.14. The summed E-state index contributed by atoms with van der Waals surface area (Å²) in [5.74, 6) is -1.85. The van der Waals surface area contributed by atoms with E-state index in [0.717, 1.165) is 11.1 Å². The van der Waals surface area contributed by atoms with Gasteiger partial charge < -0.3 is 32.5 Å². The molecule has 0 saturated heterocycles. The predicted octanol–water partition coefficient (Wildman–Crippen LogP) is -0.531. The normalized spacial score (nSPS) is 13.2. The lowest BCUT2D eigenvalue weighted by molar-refractivity contribution is -0.130. The lowest BCUT2D eigenvalue weighted by atomic mass is 9.99. The van der Waals surface area contributed by atoms with Crippen molar-refractivity contribution in [3.8, 4) is 0 Å². The van der Waals surface area contributed by atoms with Crippen LogP contribution in [0.4, 0.5) is 0 Å². The van der Waals surface area contributed by atoms with Crippen molar-refractivity contribution < 1.29 is 29.1 Å². The van der Waals surface area contributed by atoms with Gasteiger partial charge in [0.05, 0.1) is 6.61 Å². The summed E-state index contributed by atoms with van der Waals surface area (Å²) >= 11 is 0. The molecule has 0 radical (unpaired) electrons. The van der Waals surface area contributed by atoms with Gasteiger partial charge in [0, 0.05) is 38.3 Å². The van der Waals surface area contributed by atoms with Crippen LogP contribution in [0, 0.1) is 5.92 Å². The summed E-state index contributed by atoms with van der Waals surface area (Å²) in [5.41, 5.74) is 12.5. The molecular formula is C26H41N5O6. The maximum absolute atomic E-state index is 12.8. The maximum atomic E-state index is 12.8. The van der Waals surface area contributed by atoms with Crippen LogP contribution >= 0.6 is 0 Å². The molecule has 1 aromatic rings. The number of carbonyl (C=O) groups is 5. The fraction of sp³-hybridized carbons (Fsp3) is 0.577. The summed E-state index contributed by atoms with van der Waals surface area (Å²) in [6.07, 6.45) is 2.99. The van der Waals surface area contributed by atoms with Crippen LogP contribution in [0.5, 0.6) is 0 Å². The van der Waals surface area contributed by atoms with Gasteiger partial charge in [0.25, 0.3) is 0 Å². The van der Waals surface area contributed by atoms with Crippen molar-refractivity contribution >= 4 is 29.4 Å². The van der Waals surface area contributed by atoms with Crippen LogP contribution in [-0.2, 0) is 36.8 Å². The topological polar surface area (TPSA) is 194 Å². The highest BCUT2D eigenvalue weighted by Crippen LogP contribution is 2.10. The smallest absolute Gasteiger partial charge is 0.242 e. The number of benzene rings is 1. The zero-order valence-electron chi connectivity index (χ0n) is 21.8. The Morgan fingerprint density at radius 1 is 0.946 bits per heavy atom. The molecule has 3 atom stereocenters. The summed E-state index contributed by atoms with van der Waals surface area (Å²) in [7, 11) is 0. The molecule has 3 unspecified atom stereocenters. The van der Waals surface area contributed by atoms with Crippen molar-refractivity contribution in [1.82, 2.24) is 16.0 Å². The average Bonchev–Trinajstić information content (AvgIpc) is 2.85. The largest absolute Gasteiger partial charge is 0.394 e. The van der Waals surface area contributed by atoms with Crippen LogP contribution in [-0.4, -0.2) is 66.3 Å². The molecule has 11 heteroatoms. The summed E-state index contributed by atoms with van der Waals surface area (Å²) in [6.45, 7) is 3.58. The third-order valence-corrected chi connectivity index (χ3v) is 5.92. The van der Waals surface area contributed by atoms with E-state index in [0.29, 0.717) is 45.2 Å². The molecule has 11 nitrogen and oxygen atoms in total. The lowest BCUT2D eigenvalue weighted by Crippen LogP contribution is -2.53. The number of unbranched alkanes of at least 4 members (excludes halogenated alkanes) is 1. The van der Waals surface area contributed by atoms with Gasteiger partial charge in [0.15, 0.2) is 0 Å². The highest BCUT2D eigenvalue weighted by atomic mass is 16.3. The summed E-state index contributed by atoms with van der Waals surface area (Å²) < 4.78 is 0. The molecule has 0 aromatic heterocycles. The van der Waals surface area contributed by atoms with Crippen molar-refractivity contribution in [3.05, 3.63) is 35.4 Å². The number of primary amides is 1. The van der Waals surface area contributed by atoms with E-state index in [4.69, 9.17) is 16.6 Å². The molecular weight excluding hydrogens is 478 g/mol. The van der Waals surface area contributed by atoms with Gasteiger partial charge in [-0.15, -0.1) is 0 Å². The van der Waals surface area contributed by atoms with Gasteiger partial charge in [-0.2, -0.15) is 0 Å². The van der Waals surface area contributed by atoms with Gasteiger partial charge in [-0.05, 0) is 43.7 Å². The molecule has 206 valence electrons. The molecule has 1 aromatic carbocycles. The van der Waals surface area contributed by atoms with Crippen molar-refractivity contribution in [2.75, 3.05) is 19.7 Å². The molecule has 0 saturated carbocycles. The number of aliphatic hydroxyl groups is 1. The fourth-order valence-electron chi connectivity index (χ4n) is 3.64. The lowest BCUT2D eigenvalue weighted by Gasteiger charge is -2.20. The maximum Gasteiger partial charge on any atom is 0.242 e. The number of ketones is 1. The van der Waals surface area contributed by atoms with Gasteiger partial charge >= 0.3 is 0 Å². The van der Waals surface area contributed by atoms with Crippen LogP contribution in [0.2, 0.25) is 0 Å². The van der Waals surface area contributed by atoms with Crippen molar-refractivity contribution in [2.45, 2.75) is 70.9 Å². The number of rotatable bonds is 18. The number of carbonyl (C=O) groups excluding carboxylic acids is 5. The molecule has 8 N–H and O–H groups in total. The first-order valence-corrected chi connectivity index (χ1v) is 12.6. The van der Waals surface area contributed by atoms with Crippen LogP contribution in [0.1, 0.15) is 57.1 Å². The van der Waals surface area contributed by atoms with Crippen LogP contribution in [0.25, 0.3) is 0 Å². The Labute approximate surface area is 218 Å². The Hall–Kier alpha value is -3.31. The average molecular weight is 520 g/mol. The summed E-state index contributed by atoms with van der Waals surface area (Å²) in [6, 6.07) is 5.15. The van der Waals surface area contributed by atoms with E-state index in [1.54, 1.807) is 24.3 Å². The Bertz CT molecular complexity index is 905. The summed E-state index contributed by atoms with van der Waals surface area (Å²) in [5, 5.41) is 17.3. The Balaban J connectivity index is 2.52. The highest BCUT2D eigenvalue weighted by Gasteiger charge is 2.23.